The van der Waals surface area contributed by atoms with E-state index < -0.39 is 14.7 Å². The summed E-state index contributed by atoms with van der Waals surface area (Å²) in [6.45, 7) is 7.24. The van der Waals surface area contributed by atoms with E-state index in [9.17, 15) is 9.13 Å². The normalized spacial score (nSPS) is 13.2. The van der Waals surface area contributed by atoms with E-state index in [0.717, 1.165) is 12.8 Å². The maximum atomic E-state index is 10.9. The molecule has 1 unspecified atom stereocenters. The van der Waals surface area contributed by atoms with Crippen LogP contribution in [0.25, 0.3) is 0 Å². The van der Waals surface area contributed by atoms with Gasteiger partial charge in [-0.2, -0.15) is 0 Å². The lowest BCUT2D eigenvalue weighted by molar-refractivity contribution is 0.476. The summed E-state index contributed by atoms with van der Waals surface area (Å²) < 4.78 is 21.4. The van der Waals surface area contributed by atoms with Gasteiger partial charge in [-0.25, -0.2) is 0 Å². The third-order valence-corrected chi connectivity index (χ3v) is 6.32. The van der Waals surface area contributed by atoms with Crippen LogP contribution in [0.4, 0.5) is 0 Å². The lowest BCUT2D eigenvalue weighted by Gasteiger charge is -2.05. The van der Waals surface area contributed by atoms with Gasteiger partial charge in [0.15, 0.2) is 49.5 Å². The second kappa shape index (κ2) is 14.8. The van der Waals surface area contributed by atoms with Crippen molar-refractivity contribution >= 4 is 49.5 Å². The lowest BCUT2D eigenvalue weighted by Crippen LogP contribution is -1.90. The summed E-state index contributed by atoms with van der Waals surface area (Å²) in [5.41, 5.74) is 0. The van der Waals surface area contributed by atoms with Crippen LogP contribution < -0.4 is 0 Å². The molecule has 2 N–H and O–H groups in total. The third-order valence-electron chi connectivity index (χ3n) is 2.34. The minimum Gasteiger partial charge on any atom is -0.344 e. The fourth-order valence-electron chi connectivity index (χ4n) is 0.787. The largest absolute Gasteiger partial charge is 0.344 e. The van der Waals surface area contributed by atoms with E-state index in [0.29, 0.717) is 24.6 Å². The monoisotopic (exact) mass is 332 g/mol. The van der Waals surface area contributed by atoms with Crippen LogP contribution in [0.15, 0.2) is 0 Å². The van der Waals surface area contributed by atoms with Gasteiger partial charge in [-0.1, -0.05) is 34.1 Å². The molecule has 0 aromatic carbocycles. The average Bonchev–Trinajstić information content (AvgIpc) is 2.27. The van der Waals surface area contributed by atoms with Gasteiger partial charge in [0.05, 0.1) is 0 Å². The molecule has 4 nitrogen and oxygen atoms in total. The molecule has 0 spiro atoms. The minimum atomic E-state index is -2.69. The summed E-state index contributed by atoms with van der Waals surface area (Å²) >= 11 is 0. The van der Waals surface area contributed by atoms with E-state index in [-0.39, 0.29) is 34.7 Å². The van der Waals surface area contributed by atoms with Crippen LogP contribution in [0.1, 0.15) is 40.5 Å². The minimum absolute atomic E-state index is 0. The quantitative estimate of drug-likeness (QED) is 0.562. The van der Waals surface area contributed by atoms with Gasteiger partial charge in [-0.05, 0) is 6.42 Å². The maximum absolute atomic E-state index is 10.9. The zero-order valence-electron chi connectivity index (χ0n) is 10.8. The van der Waals surface area contributed by atoms with Crippen molar-refractivity contribution in [1.82, 2.24) is 0 Å². The van der Waals surface area contributed by atoms with Crippen molar-refractivity contribution in [2.24, 2.45) is 0 Å². The predicted molar refractivity (Wildman–Crippen MR) is 90.9 cm³/mol. The molecule has 0 aliphatic rings. The predicted octanol–water partition coefficient (Wildman–Crippen LogP) is 1.01. The zero-order valence-corrected chi connectivity index (χ0v) is 12.6. The molecule has 0 saturated heterocycles. The molecule has 0 heterocycles. The van der Waals surface area contributed by atoms with Crippen molar-refractivity contribution in [3.8, 4) is 0 Å². The summed E-state index contributed by atoms with van der Waals surface area (Å²) in [6.07, 6.45) is 3.62. The Balaban J connectivity index is -0.000000100. The highest BCUT2D eigenvalue weighted by molar-refractivity contribution is 7.58. The number of unbranched alkanes of at least 4 members (excludes halogenated alkanes) is 1. The van der Waals surface area contributed by atoms with Crippen molar-refractivity contribution in [3.63, 3.8) is 0 Å². The summed E-state index contributed by atoms with van der Waals surface area (Å²) in [7, 11) is -5.34. The molecule has 0 aliphatic carbocycles. The zero-order chi connectivity index (χ0) is 13.2. The first-order valence-electron chi connectivity index (χ1n) is 5.86. The Morgan fingerprint density at radius 2 is 1.11 bits per heavy atom. The van der Waals surface area contributed by atoms with Gasteiger partial charge in [-0.3, -0.25) is 9.13 Å². The van der Waals surface area contributed by atoms with Gasteiger partial charge >= 0.3 is 0 Å². The van der Waals surface area contributed by atoms with Crippen LogP contribution in [0.5, 0.6) is 0 Å². The van der Waals surface area contributed by atoms with Crippen molar-refractivity contribution in [2.45, 2.75) is 40.5 Å². The molecule has 0 bridgehead atoms. The third kappa shape index (κ3) is 19.8. The SMILES string of the molecule is CCCCP(=O)(O)CC.CCP(=O)(O)CC.[AlH3].[AlH3]. The van der Waals surface area contributed by atoms with Gasteiger partial charge in [0.1, 0.15) is 0 Å². The van der Waals surface area contributed by atoms with Crippen molar-refractivity contribution < 1.29 is 18.9 Å². The van der Waals surface area contributed by atoms with E-state index in [1.165, 1.54) is 0 Å². The van der Waals surface area contributed by atoms with Gasteiger partial charge in [0.25, 0.3) is 0 Å². The maximum Gasteiger partial charge on any atom is 0.200 e. The molecule has 0 saturated carbocycles. The smallest absolute Gasteiger partial charge is 0.200 e. The van der Waals surface area contributed by atoms with E-state index in [1.54, 1.807) is 20.8 Å². The molecule has 0 aromatic rings. The average molecular weight is 332 g/mol. The summed E-state index contributed by atoms with van der Waals surface area (Å²) in [6, 6.07) is 0. The molecule has 112 valence electrons. The van der Waals surface area contributed by atoms with Crippen molar-refractivity contribution in [2.75, 3.05) is 24.6 Å². The Labute approximate surface area is 133 Å². The van der Waals surface area contributed by atoms with E-state index in [1.807, 2.05) is 6.92 Å². The number of rotatable bonds is 6. The van der Waals surface area contributed by atoms with Gasteiger partial charge < -0.3 is 9.79 Å². The van der Waals surface area contributed by atoms with E-state index >= 15 is 0 Å². The van der Waals surface area contributed by atoms with Crippen LogP contribution in [0.2, 0.25) is 0 Å². The highest BCUT2D eigenvalue weighted by atomic mass is 31.2. The molecule has 0 aliphatic heterocycles. The highest BCUT2D eigenvalue weighted by Crippen LogP contribution is 2.40. The molecule has 0 fully saturated rings. The van der Waals surface area contributed by atoms with Crippen molar-refractivity contribution in [1.29, 1.82) is 0 Å². The number of hydrogen-bond acceptors (Lipinski definition) is 2. The highest BCUT2D eigenvalue weighted by Gasteiger charge is 2.12. The molecular weight excluding hydrogens is 300 g/mol. The Morgan fingerprint density at radius 1 is 0.778 bits per heavy atom. The Hall–Kier alpha value is 1.44. The standard InChI is InChI=1S/C6H15O2P.C4H11O2P.2Al.6H/c1-3-5-6-9(7,8)4-2;1-3-7(5,6)4-2;;;;;;;;/h3-6H2,1-2H3,(H,7,8);3-4H2,1-2H3,(H,5,6);;;;;;;;. The summed E-state index contributed by atoms with van der Waals surface area (Å²) in [5, 5.41) is 0. The second-order valence-corrected chi connectivity index (χ2v) is 9.45. The van der Waals surface area contributed by atoms with E-state index in [2.05, 4.69) is 0 Å². The van der Waals surface area contributed by atoms with Crippen LogP contribution >= 0.6 is 14.7 Å². The molecule has 0 amide bonds. The first kappa shape index (κ1) is 27.7. The molecule has 1 atom stereocenters. The molecule has 8 heteroatoms. The van der Waals surface area contributed by atoms with Gasteiger partial charge in [-0.15, -0.1) is 0 Å². The topological polar surface area (TPSA) is 74.6 Å². The van der Waals surface area contributed by atoms with Gasteiger partial charge in [0, 0.05) is 24.6 Å². The summed E-state index contributed by atoms with van der Waals surface area (Å²) in [5.74, 6) is 0. The molecule has 18 heavy (non-hydrogen) atoms. The van der Waals surface area contributed by atoms with Crippen LogP contribution in [0.3, 0.4) is 0 Å². The van der Waals surface area contributed by atoms with Gasteiger partial charge in [0.2, 0.25) is 0 Å². The Morgan fingerprint density at radius 3 is 1.28 bits per heavy atom. The Bertz CT molecular complexity index is 254. The molecule has 0 aromatic heterocycles. The Kier molecular flexibility index (Phi) is 22.9. The molecule has 0 rings (SSSR count). The fraction of sp³-hybridized carbons (Fsp3) is 1.00. The first-order valence-corrected chi connectivity index (χ1v) is 9.92. The van der Waals surface area contributed by atoms with Crippen LogP contribution in [-0.4, -0.2) is 69.2 Å². The van der Waals surface area contributed by atoms with Crippen molar-refractivity contribution in [3.05, 3.63) is 0 Å². The fourth-order valence-corrected chi connectivity index (χ4v) is 2.36. The van der Waals surface area contributed by atoms with Crippen LogP contribution in [-0.2, 0) is 9.13 Å². The summed E-state index contributed by atoms with van der Waals surface area (Å²) in [4.78, 5) is 17.7. The lowest BCUT2D eigenvalue weighted by atomic mass is 10.4. The van der Waals surface area contributed by atoms with E-state index in [4.69, 9.17) is 9.79 Å². The number of hydrogen-bond donors (Lipinski definition) is 2. The second-order valence-electron chi connectivity index (χ2n) is 3.72. The van der Waals surface area contributed by atoms with Crippen LogP contribution in [0, 0.1) is 0 Å². The first-order chi connectivity index (χ1) is 7.24. The molecule has 0 radical (unpaired) electrons. The molecular formula is C10H32Al2O4P2.